The average Bonchev–Trinajstić information content (AvgIpc) is 2.66. The van der Waals surface area contributed by atoms with Crippen LogP contribution in [-0.4, -0.2) is 35.9 Å². The van der Waals surface area contributed by atoms with Crippen LogP contribution in [0.15, 0.2) is 6.20 Å². The molecule has 0 spiro atoms. The summed E-state index contributed by atoms with van der Waals surface area (Å²) in [5.41, 5.74) is 6.06. The summed E-state index contributed by atoms with van der Waals surface area (Å²) in [7, 11) is 1.63. The summed E-state index contributed by atoms with van der Waals surface area (Å²) in [5, 5.41) is 6.76. The number of rotatable bonds is 6. The molecule has 1 rings (SSSR count). The number of nitrogens with two attached hydrogens (primary N) is 1. The zero-order chi connectivity index (χ0) is 12.0. The van der Waals surface area contributed by atoms with Gasteiger partial charge in [-0.15, -0.1) is 0 Å². The highest BCUT2D eigenvalue weighted by Gasteiger charge is 2.12. The van der Waals surface area contributed by atoms with Crippen molar-refractivity contribution in [3.05, 3.63) is 11.8 Å². The van der Waals surface area contributed by atoms with Crippen LogP contribution < -0.4 is 11.1 Å². The van der Waals surface area contributed by atoms with Crippen LogP contribution in [0.2, 0.25) is 0 Å². The smallest absolute Gasteiger partial charge is 0.256 e. The van der Waals surface area contributed by atoms with E-state index in [1.54, 1.807) is 18.0 Å². The van der Waals surface area contributed by atoms with E-state index in [2.05, 4.69) is 10.4 Å². The van der Waals surface area contributed by atoms with E-state index in [0.717, 1.165) is 6.42 Å². The second-order valence-electron chi connectivity index (χ2n) is 3.39. The SMILES string of the molecule is CCn1cc(C(=O)NCCCOC)c(N)n1. The number of nitrogens with zero attached hydrogens (tertiary/aromatic N) is 2. The molecule has 0 atom stereocenters. The van der Waals surface area contributed by atoms with Crippen molar-refractivity contribution >= 4 is 11.7 Å². The minimum Gasteiger partial charge on any atom is -0.385 e. The molecule has 1 aromatic rings. The monoisotopic (exact) mass is 226 g/mol. The van der Waals surface area contributed by atoms with Gasteiger partial charge < -0.3 is 15.8 Å². The Morgan fingerprint density at radius 3 is 3.00 bits per heavy atom. The first-order valence-electron chi connectivity index (χ1n) is 5.29. The second kappa shape index (κ2) is 6.12. The highest BCUT2D eigenvalue weighted by atomic mass is 16.5. The fraction of sp³-hybridized carbons (Fsp3) is 0.600. The maximum atomic E-state index is 11.7. The van der Waals surface area contributed by atoms with Crippen molar-refractivity contribution < 1.29 is 9.53 Å². The number of ether oxygens (including phenoxy) is 1. The maximum Gasteiger partial charge on any atom is 0.256 e. The molecule has 0 unspecified atom stereocenters. The van der Waals surface area contributed by atoms with Gasteiger partial charge in [-0.1, -0.05) is 0 Å². The minimum atomic E-state index is -0.187. The van der Waals surface area contributed by atoms with Crippen LogP contribution in [0.4, 0.5) is 5.82 Å². The predicted octanol–water partition coefficient (Wildman–Crippen LogP) is 0.251. The second-order valence-corrected chi connectivity index (χ2v) is 3.39. The molecule has 1 aromatic heterocycles. The van der Waals surface area contributed by atoms with E-state index < -0.39 is 0 Å². The lowest BCUT2D eigenvalue weighted by Gasteiger charge is -2.02. The number of aryl methyl sites for hydroxylation is 1. The van der Waals surface area contributed by atoms with Crippen molar-refractivity contribution in [1.82, 2.24) is 15.1 Å². The summed E-state index contributed by atoms with van der Waals surface area (Å²) < 4.78 is 6.52. The summed E-state index contributed by atoms with van der Waals surface area (Å²) in [6.45, 7) is 3.83. The molecule has 6 heteroatoms. The number of carbonyl (C=O) groups excluding carboxylic acids is 1. The van der Waals surface area contributed by atoms with Gasteiger partial charge in [0.05, 0.1) is 0 Å². The van der Waals surface area contributed by atoms with Gasteiger partial charge >= 0.3 is 0 Å². The molecule has 0 aliphatic heterocycles. The quantitative estimate of drug-likeness (QED) is 0.681. The summed E-state index contributed by atoms with van der Waals surface area (Å²) in [6.07, 6.45) is 2.44. The third-order valence-corrected chi connectivity index (χ3v) is 2.17. The number of carbonyl (C=O) groups is 1. The van der Waals surface area contributed by atoms with E-state index in [-0.39, 0.29) is 11.7 Å². The van der Waals surface area contributed by atoms with Crippen molar-refractivity contribution in [3.8, 4) is 0 Å². The molecule has 0 radical (unpaired) electrons. The fourth-order valence-corrected chi connectivity index (χ4v) is 1.29. The van der Waals surface area contributed by atoms with Crippen LogP contribution in [0, 0.1) is 0 Å². The Kier molecular flexibility index (Phi) is 4.78. The van der Waals surface area contributed by atoms with Gasteiger partial charge in [-0.05, 0) is 13.3 Å². The van der Waals surface area contributed by atoms with Crippen LogP contribution in [0.25, 0.3) is 0 Å². The fourth-order valence-electron chi connectivity index (χ4n) is 1.29. The Balaban J connectivity index is 2.49. The molecule has 0 aliphatic carbocycles. The molecule has 1 heterocycles. The summed E-state index contributed by atoms with van der Waals surface area (Å²) in [5.74, 6) is 0.0828. The van der Waals surface area contributed by atoms with Crippen LogP contribution in [-0.2, 0) is 11.3 Å². The van der Waals surface area contributed by atoms with Gasteiger partial charge in [-0.2, -0.15) is 5.10 Å². The Morgan fingerprint density at radius 1 is 1.69 bits per heavy atom. The largest absolute Gasteiger partial charge is 0.385 e. The maximum absolute atomic E-state index is 11.7. The van der Waals surface area contributed by atoms with Crippen molar-refractivity contribution in [2.45, 2.75) is 19.9 Å². The van der Waals surface area contributed by atoms with E-state index in [0.29, 0.717) is 25.3 Å². The van der Waals surface area contributed by atoms with Gasteiger partial charge in [-0.3, -0.25) is 9.48 Å². The number of aromatic nitrogens is 2. The van der Waals surface area contributed by atoms with Crippen molar-refractivity contribution in [3.63, 3.8) is 0 Å². The highest BCUT2D eigenvalue weighted by molar-refractivity contribution is 5.98. The normalized spacial score (nSPS) is 10.4. The topological polar surface area (TPSA) is 82.2 Å². The van der Waals surface area contributed by atoms with Gasteiger partial charge in [0.15, 0.2) is 5.82 Å². The Bertz CT molecular complexity index is 349. The van der Waals surface area contributed by atoms with Gasteiger partial charge in [0.1, 0.15) is 5.56 Å². The predicted molar refractivity (Wildman–Crippen MR) is 61.1 cm³/mol. The van der Waals surface area contributed by atoms with Crippen LogP contribution in [0.3, 0.4) is 0 Å². The lowest BCUT2D eigenvalue weighted by atomic mass is 10.3. The molecular weight excluding hydrogens is 208 g/mol. The zero-order valence-corrected chi connectivity index (χ0v) is 9.69. The standard InChI is InChI=1S/C10H18N4O2/c1-3-14-7-8(9(11)13-14)10(15)12-5-4-6-16-2/h7H,3-6H2,1-2H3,(H2,11,13)(H,12,15). The van der Waals surface area contributed by atoms with E-state index >= 15 is 0 Å². The minimum absolute atomic E-state index is 0.187. The number of anilines is 1. The average molecular weight is 226 g/mol. The van der Waals surface area contributed by atoms with Crippen molar-refractivity contribution in [2.24, 2.45) is 0 Å². The van der Waals surface area contributed by atoms with Gasteiger partial charge in [0.2, 0.25) is 0 Å². The molecule has 0 aromatic carbocycles. The molecule has 0 fully saturated rings. The lowest BCUT2D eigenvalue weighted by molar-refractivity contribution is 0.0949. The number of nitrogens with one attached hydrogen (secondary N) is 1. The van der Waals surface area contributed by atoms with E-state index in [4.69, 9.17) is 10.5 Å². The van der Waals surface area contributed by atoms with Crippen molar-refractivity contribution in [2.75, 3.05) is 26.0 Å². The molecule has 6 nitrogen and oxygen atoms in total. The zero-order valence-electron chi connectivity index (χ0n) is 9.69. The third kappa shape index (κ3) is 3.23. The molecule has 16 heavy (non-hydrogen) atoms. The Morgan fingerprint density at radius 2 is 2.44 bits per heavy atom. The Labute approximate surface area is 94.8 Å². The molecule has 0 saturated carbocycles. The van der Waals surface area contributed by atoms with E-state index in [1.807, 2.05) is 6.92 Å². The number of hydrogen-bond acceptors (Lipinski definition) is 4. The summed E-state index contributed by atoms with van der Waals surface area (Å²) >= 11 is 0. The number of nitrogen functional groups attached to an aromatic ring is 1. The molecule has 3 N–H and O–H groups in total. The van der Waals surface area contributed by atoms with Gasteiger partial charge in [0, 0.05) is 33.0 Å². The number of hydrogen-bond donors (Lipinski definition) is 2. The molecule has 0 bridgehead atoms. The third-order valence-electron chi connectivity index (χ3n) is 2.17. The van der Waals surface area contributed by atoms with Crippen LogP contribution in [0.1, 0.15) is 23.7 Å². The Hall–Kier alpha value is -1.56. The first-order chi connectivity index (χ1) is 7.69. The molecular formula is C10H18N4O2. The number of amides is 1. The summed E-state index contributed by atoms with van der Waals surface area (Å²) in [6, 6.07) is 0. The van der Waals surface area contributed by atoms with Crippen LogP contribution >= 0.6 is 0 Å². The lowest BCUT2D eigenvalue weighted by Crippen LogP contribution is -2.25. The summed E-state index contributed by atoms with van der Waals surface area (Å²) in [4.78, 5) is 11.7. The number of methoxy groups -OCH3 is 1. The highest BCUT2D eigenvalue weighted by Crippen LogP contribution is 2.08. The van der Waals surface area contributed by atoms with Gasteiger partial charge in [-0.25, -0.2) is 0 Å². The molecule has 0 aliphatic rings. The molecule has 1 amide bonds. The van der Waals surface area contributed by atoms with Crippen LogP contribution in [0.5, 0.6) is 0 Å². The molecule has 0 saturated heterocycles. The molecule has 90 valence electrons. The first-order valence-corrected chi connectivity index (χ1v) is 5.29. The van der Waals surface area contributed by atoms with Crippen molar-refractivity contribution in [1.29, 1.82) is 0 Å². The van der Waals surface area contributed by atoms with E-state index in [1.165, 1.54) is 0 Å². The van der Waals surface area contributed by atoms with E-state index in [9.17, 15) is 4.79 Å². The first kappa shape index (κ1) is 12.5. The van der Waals surface area contributed by atoms with Gasteiger partial charge in [0.25, 0.3) is 5.91 Å².